The predicted molar refractivity (Wildman–Crippen MR) is 107 cm³/mol. The smallest absolute Gasteiger partial charge is 0.225 e. The van der Waals surface area contributed by atoms with Crippen molar-refractivity contribution in [3.63, 3.8) is 0 Å². The third-order valence-electron chi connectivity index (χ3n) is 5.60. The molecule has 154 valence electrons. The molecule has 0 radical (unpaired) electrons. The Morgan fingerprint density at radius 2 is 1.93 bits per heavy atom. The van der Waals surface area contributed by atoms with Gasteiger partial charge in [-0.1, -0.05) is 5.16 Å². The summed E-state index contributed by atoms with van der Waals surface area (Å²) in [5, 5.41) is 7.72. The molecule has 0 atom stereocenters. The molecule has 4 heterocycles. The molecule has 3 aliphatic heterocycles. The van der Waals surface area contributed by atoms with Crippen LogP contribution in [-0.4, -0.2) is 73.5 Å². The molecular formula is C18H28N6O3S. The lowest BCUT2D eigenvalue weighted by Crippen LogP contribution is -2.38. The van der Waals surface area contributed by atoms with Crippen LogP contribution in [0.2, 0.25) is 0 Å². The van der Waals surface area contributed by atoms with Gasteiger partial charge >= 0.3 is 0 Å². The molecule has 0 saturated carbocycles. The van der Waals surface area contributed by atoms with Crippen LogP contribution in [-0.2, 0) is 27.8 Å². The fraction of sp³-hybridized carbons (Fsp3) is 0.722. The molecule has 0 spiro atoms. The molecule has 0 amide bonds. The number of sulfonamides is 1. The average molecular weight is 409 g/mol. The standard InChI is InChI=1S/C18H28N6O3S/c1-28(25,26)24-11-6-17-14(13-24)12-20-18(21-17)23-9-4-15(5-10-23)22-27-16-2-7-19-8-3-16/h12,16,19H,2-11,13H2,1H3. The highest BCUT2D eigenvalue weighted by molar-refractivity contribution is 7.88. The van der Waals surface area contributed by atoms with E-state index in [1.54, 1.807) is 6.20 Å². The molecule has 2 saturated heterocycles. The van der Waals surface area contributed by atoms with Gasteiger partial charge in [-0.2, -0.15) is 4.31 Å². The summed E-state index contributed by atoms with van der Waals surface area (Å²) in [5.41, 5.74) is 2.96. The highest BCUT2D eigenvalue weighted by Gasteiger charge is 2.26. The molecule has 0 unspecified atom stereocenters. The van der Waals surface area contributed by atoms with Gasteiger partial charge in [0.15, 0.2) is 0 Å². The molecule has 10 heteroatoms. The van der Waals surface area contributed by atoms with E-state index >= 15 is 0 Å². The number of piperidine rings is 2. The van der Waals surface area contributed by atoms with Gasteiger partial charge in [0, 0.05) is 57.2 Å². The maximum Gasteiger partial charge on any atom is 0.225 e. The zero-order valence-electron chi connectivity index (χ0n) is 16.3. The first-order valence-corrected chi connectivity index (χ1v) is 11.8. The Bertz CT molecular complexity index is 828. The van der Waals surface area contributed by atoms with Gasteiger partial charge in [0.05, 0.1) is 17.7 Å². The van der Waals surface area contributed by atoms with E-state index < -0.39 is 10.0 Å². The molecule has 0 bridgehead atoms. The van der Waals surface area contributed by atoms with Crippen molar-refractivity contribution in [3.05, 3.63) is 17.5 Å². The van der Waals surface area contributed by atoms with Crippen molar-refractivity contribution in [2.24, 2.45) is 5.16 Å². The minimum Gasteiger partial charge on any atom is -0.392 e. The number of oxime groups is 1. The number of rotatable bonds is 4. The van der Waals surface area contributed by atoms with Crippen molar-refractivity contribution in [1.82, 2.24) is 19.6 Å². The maximum atomic E-state index is 11.7. The van der Waals surface area contributed by atoms with E-state index in [0.29, 0.717) is 19.5 Å². The lowest BCUT2D eigenvalue weighted by molar-refractivity contribution is 0.0368. The highest BCUT2D eigenvalue weighted by atomic mass is 32.2. The van der Waals surface area contributed by atoms with Gasteiger partial charge in [0.2, 0.25) is 16.0 Å². The van der Waals surface area contributed by atoms with E-state index in [9.17, 15) is 8.42 Å². The van der Waals surface area contributed by atoms with Crippen molar-refractivity contribution in [2.45, 2.75) is 44.8 Å². The van der Waals surface area contributed by atoms with Crippen LogP contribution < -0.4 is 10.2 Å². The number of anilines is 1. The lowest BCUT2D eigenvalue weighted by atomic mass is 10.1. The molecule has 0 aromatic carbocycles. The minimum atomic E-state index is -3.18. The molecule has 1 aromatic rings. The Labute approximate surface area is 166 Å². The van der Waals surface area contributed by atoms with Crippen LogP contribution in [0.4, 0.5) is 5.95 Å². The topological polar surface area (TPSA) is 100 Å². The van der Waals surface area contributed by atoms with Gasteiger partial charge in [-0.25, -0.2) is 18.4 Å². The number of hydrogen-bond acceptors (Lipinski definition) is 8. The Kier molecular flexibility index (Phi) is 5.79. The van der Waals surface area contributed by atoms with E-state index in [1.165, 1.54) is 10.6 Å². The number of nitrogens with zero attached hydrogens (tertiary/aromatic N) is 5. The number of hydrogen-bond donors (Lipinski definition) is 1. The number of aromatic nitrogens is 2. The predicted octanol–water partition coefficient (Wildman–Crippen LogP) is 0.519. The van der Waals surface area contributed by atoms with Gasteiger partial charge in [0.25, 0.3) is 0 Å². The molecule has 1 N–H and O–H groups in total. The highest BCUT2D eigenvalue weighted by Crippen LogP contribution is 2.22. The zero-order chi connectivity index (χ0) is 19.6. The van der Waals surface area contributed by atoms with E-state index in [4.69, 9.17) is 9.82 Å². The quantitative estimate of drug-likeness (QED) is 0.725. The van der Waals surface area contributed by atoms with Gasteiger partial charge < -0.3 is 15.1 Å². The molecule has 4 rings (SSSR count). The van der Waals surface area contributed by atoms with Crippen LogP contribution in [0.3, 0.4) is 0 Å². The van der Waals surface area contributed by atoms with Gasteiger partial charge in [-0.15, -0.1) is 0 Å². The molecule has 28 heavy (non-hydrogen) atoms. The van der Waals surface area contributed by atoms with Gasteiger partial charge in [-0.05, 0) is 25.9 Å². The van der Waals surface area contributed by atoms with Crippen LogP contribution in [0.1, 0.15) is 36.9 Å². The summed E-state index contributed by atoms with van der Waals surface area (Å²) in [4.78, 5) is 17.1. The van der Waals surface area contributed by atoms with Crippen LogP contribution in [0.25, 0.3) is 0 Å². The fourth-order valence-electron chi connectivity index (χ4n) is 3.82. The summed E-state index contributed by atoms with van der Waals surface area (Å²) in [6.07, 6.45) is 7.63. The lowest BCUT2D eigenvalue weighted by Gasteiger charge is -2.30. The Balaban J connectivity index is 1.34. The first-order valence-electron chi connectivity index (χ1n) is 9.96. The summed E-state index contributed by atoms with van der Waals surface area (Å²) in [5.74, 6) is 0.727. The van der Waals surface area contributed by atoms with Crippen LogP contribution in [0, 0.1) is 0 Å². The number of nitrogens with one attached hydrogen (secondary N) is 1. The average Bonchev–Trinajstić information content (AvgIpc) is 2.72. The van der Waals surface area contributed by atoms with E-state index in [2.05, 4.69) is 20.4 Å². The molecule has 2 fully saturated rings. The molecule has 0 aliphatic carbocycles. The second kappa shape index (κ2) is 8.30. The summed E-state index contributed by atoms with van der Waals surface area (Å²) < 4.78 is 25.0. The Morgan fingerprint density at radius 1 is 1.18 bits per heavy atom. The van der Waals surface area contributed by atoms with Crippen molar-refractivity contribution in [1.29, 1.82) is 0 Å². The second-order valence-electron chi connectivity index (χ2n) is 7.69. The first kappa shape index (κ1) is 19.5. The minimum absolute atomic E-state index is 0.238. The Morgan fingerprint density at radius 3 is 2.64 bits per heavy atom. The monoisotopic (exact) mass is 408 g/mol. The van der Waals surface area contributed by atoms with Crippen LogP contribution in [0.15, 0.2) is 11.4 Å². The van der Waals surface area contributed by atoms with Crippen molar-refractivity contribution in [2.75, 3.05) is 43.9 Å². The van der Waals surface area contributed by atoms with Crippen molar-refractivity contribution in [3.8, 4) is 0 Å². The van der Waals surface area contributed by atoms with Gasteiger partial charge in [0.1, 0.15) is 6.10 Å². The third kappa shape index (κ3) is 4.61. The molecule has 1 aromatic heterocycles. The van der Waals surface area contributed by atoms with E-state index in [1.807, 2.05) is 0 Å². The Hall–Kier alpha value is -1.78. The summed E-state index contributed by atoms with van der Waals surface area (Å²) in [6.45, 7) is 4.49. The number of fused-ring (bicyclic) bond motifs is 1. The van der Waals surface area contributed by atoms with Crippen molar-refractivity contribution >= 4 is 21.7 Å². The largest absolute Gasteiger partial charge is 0.392 e. The first-order chi connectivity index (χ1) is 13.5. The summed E-state index contributed by atoms with van der Waals surface area (Å²) in [7, 11) is -3.18. The van der Waals surface area contributed by atoms with Gasteiger partial charge in [-0.3, -0.25) is 0 Å². The maximum absolute atomic E-state index is 11.7. The molecular weight excluding hydrogens is 380 g/mol. The third-order valence-corrected chi connectivity index (χ3v) is 6.85. The summed E-state index contributed by atoms with van der Waals surface area (Å²) >= 11 is 0. The van der Waals surface area contributed by atoms with Crippen LogP contribution >= 0.6 is 0 Å². The molecule has 9 nitrogen and oxygen atoms in total. The summed E-state index contributed by atoms with van der Waals surface area (Å²) in [6, 6.07) is 0. The molecule has 3 aliphatic rings. The SMILES string of the molecule is CS(=O)(=O)N1CCc2nc(N3CCC(=NOC4CCNCC4)CC3)ncc2C1. The fourth-order valence-corrected chi connectivity index (χ4v) is 4.62. The van der Waals surface area contributed by atoms with Crippen LogP contribution in [0.5, 0.6) is 0 Å². The van der Waals surface area contributed by atoms with Crippen molar-refractivity contribution < 1.29 is 13.3 Å². The normalized spacial score (nSPS) is 22.0. The zero-order valence-corrected chi connectivity index (χ0v) is 17.1. The second-order valence-corrected chi connectivity index (χ2v) is 9.67. The van der Waals surface area contributed by atoms with E-state index in [0.717, 1.165) is 74.8 Å². The van der Waals surface area contributed by atoms with E-state index in [-0.39, 0.29) is 6.10 Å².